The van der Waals surface area contributed by atoms with Crippen molar-refractivity contribution in [2.75, 3.05) is 0 Å². The molecule has 1 heterocycles. The first-order chi connectivity index (χ1) is 6.59. The molecule has 1 atom stereocenters. The fourth-order valence-corrected chi connectivity index (χ4v) is 1.21. The number of carbonyl (C=O) groups excluding carboxylic acids is 1. The molecule has 0 saturated heterocycles. The first-order valence-electron chi connectivity index (χ1n) is 4.04. The largest absolute Gasteiger partial charge is 0.393 e. The summed E-state index contributed by atoms with van der Waals surface area (Å²) in [6.07, 6.45) is 1.82. The summed E-state index contributed by atoms with van der Waals surface area (Å²) >= 11 is 4.72. The zero-order chi connectivity index (χ0) is 10.6. The van der Waals surface area contributed by atoms with E-state index in [1.165, 1.54) is 6.20 Å². The predicted molar refractivity (Wildman–Crippen MR) is 54.7 cm³/mol. The lowest BCUT2D eigenvalue weighted by Gasteiger charge is -2.10. The lowest BCUT2D eigenvalue weighted by molar-refractivity contribution is 0.0936. The number of nitrogens with zero attached hydrogens (tertiary/aromatic N) is 2. The summed E-state index contributed by atoms with van der Waals surface area (Å²) in [5.74, 6) is -0.289. The molecular weight excluding hydrogens is 202 g/mol. The molecule has 0 aliphatic heterocycles. The van der Waals surface area contributed by atoms with Crippen LogP contribution in [0.2, 0.25) is 0 Å². The summed E-state index contributed by atoms with van der Waals surface area (Å²) in [6.45, 7) is 1.82. The smallest absolute Gasteiger partial charge is 0.273 e. The number of aromatic amines is 1. The number of nitrogens with one attached hydrogen (secondary N) is 2. The molecule has 14 heavy (non-hydrogen) atoms. The average Bonchev–Trinajstić information content (AvgIpc) is 2.53. The highest BCUT2D eigenvalue weighted by Crippen LogP contribution is 1.94. The first kappa shape index (κ1) is 10.6. The van der Waals surface area contributed by atoms with Crippen LogP contribution in [0.3, 0.4) is 0 Å². The molecule has 0 aliphatic carbocycles. The Kier molecular flexibility index (Phi) is 3.52. The third-order valence-electron chi connectivity index (χ3n) is 1.53. The molecule has 1 aromatic rings. The average molecular weight is 213 g/mol. The van der Waals surface area contributed by atoms with Crippen molar-refractivity contribution in [3.8, 4) is 0 Å². The Balaban J connectivity index is 2.45. The number of amides is 1. The van der Waals surface area contributed by atoms with Crippen LogP contribution < -0.4 is 11.1 Å². The molecule has 0 radical (unpaired) electrons. The van der Waals surface area contributed by atoms with Crippen LogP contribution in [0.5, 0.6) is 0 Å². The van der Waals surface area contributed by atoms with Crippen LogP contribution in [-0.2, 0) is 0 Å². The van der Waals surface area contributed by atoms with Crippen molar-refractivity contribution in [2.45, 2.75) is 19.4 Å². The van der Waals surface area contributed by atoms with E-state index in [-0.39, 0.29) is 17.6 Å². The van der Waals surface area contributed by atoms with E-state index in [0.29, 0.717) is 11.4 Å². The molecule has 0 fully saturated rings. The number of thiocarbonyl (C=S) groups is 1. The maximum absolute atomic E-state index is 11.4. The molecule has 7 heteroatoms. The highest BCUT2D eigenvalue weighted by molar-refractivity contribution is 7.80. The Morgan fingerprint density at radius 3 is 3.07 bits per heavy atom. The van der Waals surface area contributed by atoms with Gasteiger partial charge in [-0.3, -0.25) is 4.79 Å². The molecule has 0 aromatic carbocycles. The van der Waals surface area contributed by atoms with E-state index < -0.39 is 0 Å². The van der Waals surface area contributed by atoms with E-state index in [2.05, 4.69) is 20.7 Å². The van der Waals surface area contributed by atoms with Crippen molar-refractivity contribution in [1.29, 1.82) is 0 Å². The minimum atomic E-state index is -0.289. The van der Waals surface area contributed by atoms with Crippen molar-refractivity contribution >= 4 is 23.1 Å². The minimum Gasteiger partial charge on any atom is -0.393 e. The van der Waals surface area contributed by atoms with Gasteiger partial charge in [-0.15, -0.1) is 0 Å². The topological polar surface area (TPSA) is 96.7 Å². The second-order valence-corrected chi connectivity index (χ2v) is 3.42. The second kappa shape index (κ2) is 4.66. The predicted octanol–water partition coefficient (Wildman–Crippen LogP) is -0.401. The molecule has 0 aliphatic rings. The standard InChI is InChI=1S/C7H11N5OS/c1-4(2-6(8)14)10-7(13)5-3-9-12-11-5/h3-4H,2H2,1H3,(H2,8,14)(H,10,13)(H,9,11,12). The van der Waals surface area contributed by atoms with Gasteiger partial charge in [0.15, 0.2) is 5.69 Å². The Labute approximate surface area is 86.3 Å². The van der Waals surface area contributed by atoms with E-state index in [1.807, 2.05) is 6.92 Å². The SMILES string of the molecule is CC(CC(N)=S)NC(=O)c1cn[nH]n1. The lowest BCUT2D eigenvalue weighted by atomic mass is 10.2. The fourth-order valence-electron chi connectivity index (χ4n) is 0.962. The van der Waals surface area contributed by atoms with Crippen molar-refractivity contribution in [3.63, 3.8) is 0 Å². The van der Waals surface area contributed by atoms with Gasteiger partial charge in [0.1, 0.15) is 0 Å². The zero-order valence-corrected chi connectivity index (χ0v) is 8.47. The number of H-pyrrole nitrogens is 1. The van der Waals surface area contributed by atoms with E-state index >= 15 is 0 Å². The van der Waals surface area contributed by atoms with Gasteiger partial charge in [-0.25, -0.2) is 0 Å². The molecular formula is C7H11N5OS. The van der Waals surface area contributed by atoms with Gasteiger partial charge in [-0.2, -0.15) is 15.4 Å². The first-order valence-corrected chi connectivity index (χ1v) is 4.45. The van der Waals surface area contributed by atoms with Crippen LogP contribution in [-0.4, -0.2) is 32.3 Å². The van der Waals surface area contributed by atoms with Crippen molar-refractivity contribution in [3.05, 3.63) is 11.9 Å². The van der Waals surface area contributed by atoms with Gasteiger partial charge in [-0.05, 0) is 6.92 Å². The molecule has 0 saturated carbocycles. The maximum atomic E-state index is 11.4. The van der Waals surface area contributed by atoms with Gasteiger partial charge in [0.05, 0.1) is 11.2 Å². The molecule has 0 spiro atoms. The lowest BCUT2D eigenvalue weighted by Crippen LogP contribution is -2.35. The van der Waals surface area contributed by atoms with Crippen molar-refractivity contribution in [1.82, 2.24) is 20.7 Å². The summed E-state index contributed by atoms with van der Waals surface area (Å²) in [6, 6.07) is -0.100. The number of aromatic nitrogens is 3. The minimum absolute atomic E-state index is 0.100. The Morgan fingerprint density at radius 1 is 1.86 bits per heavy atom. The van der Waals surface area contributed by atoms with Gasteiger partial charge in [0, 0.05) is 12.5 Å². The highest BCUT2D eigenvalue weighted by atomic mass is 32.1. The van der Waals surface area contributed by atoms with E-state index in [0.717, 1.165) is 0 Å². The number of hydrogen-bond donors (Lipinski definition) is 3. The molecule has 4 N–H and O–H groups in total. The van der Waals surface area contributed by atoms with E-state index in [4.69, 9.17) is 18.0 Å². The monoisotopic (exact) mass is 213 g/mol. The van der Waals surface area contributed by atoms with Gasteiger partial charge < -0.3 is 11.1 Å². The summed E-state index contributed by atoms with van der Waals surface area (Å²) in [4.78, 5) is 11.8. The van der Waals surface area contributed by atoms with Gasteiger partial charge >= 0.3 is 0 Å². The van der Waals surface area contributed by atoms with Crippen molar-refractivity contribution in [2.24, 2.45) is 5.73 Å². The molecule has 1 amide bonds. The zero-order valence-electron chi connectivity index (χ0n) is 7.65. The molecule has 76 valence electrons. The fraction of sp³-hybridized carbons (Fsp3) is 0.429. The number of nitrogens with two attached hydrogens (primary N) is 1. The number of carbonyl (C=O) groups is 1. The summed E-state index contributed by atoms with van der Waals surface area (Å²) in [5.41, 5.74) is 5.58. The summed E-state index contributed by atoms with van der Waals surface area (Å²) < 4.78 is 0. The Morgan fingerprint density at radius 2 is 2.57 bits per heavy atom. The van der Waals surface area contributed by atoms with Crippen LogP contribution in [0.25, 0.3) is 0 Å². The maximum Gasteiger partial charge on any atom is 0.273 e. The number of hydrogen-bond acceptors (Lipinski definition) is 4. The molecule has 1 unspecified atom stereocenters. The van der Waals surface area contributed by atoms with Crippen LogP contribution in [0.1, 0.15) is 23.8 Å². The van der Waals surface area contributed by atoms with Gasteiger partial charge in [0.2, 0.25) is 0 Å². The van der Waals surface area contributed by atoms with E-state index in [1.54, 1.807) is 0 Å². The quantitative estimate of drug-likeness (QED) is 0.591. The molecule has 6 nitrogen and oxygen atoms in total. The van der Waals surface area contributed by atoms with Crippen LogP contribution in [0.15, 0.2) is 6.20 Å². The third kappa shape index (κ3) is 3.09. The van der Waals surface area contributed by atoms with Crippen LogP contribution in [0.4, 0.5) is 0 Å². The number of rotatable bonds is 4. The van der Waals surface area contributed by atoms with Gasteiger partial charge in [0.25, 0.3) is 5.91 Å². The van der Waals surface area contributed by atoms with Gasteiger partial charge in [-0.1, -0.05) is 12.2 Å². The molecule has 1 rings (SSSR count). The molecule has 0 bridgehead atoms. The molecule has 1 aromatic heterocycles. The Hall–Kier alpha value is -1.50. The van der Waals surface area contributed by atoms with Crippen LogP contribution in [0, 0.1) is 0 Å². The normalized spacial score (nSPS) is 12.1. The van der Waals surface area contributed by atoms with E-state index in [9.17, 15) is 4.79 Å². The summed E-state index contributed by atoms with van der Waals surface area (Å²) in [5, 5.41) is 12.2. The third-order valence-corrected chi connectivity index (χ3v) is 1.70. The van der Waals surface area contributed by atoms with Crippen LogP contribution >= 0.6 is 12.2 Å². The summed E-state index contributed by atoms with van der Waals surface area (Å²) in [7, 11) is 0. The second-order valence-electron chi connectivity index (χ2n) is 2.90. The Bertz CT molecular complexity index is 323. The highest BCUT2D eigenvalue weighted by Gasteiger charge is 2.12. The van der Waals surface area contributed by atoms with Crippen molar-refractivity contribution < 1.29 is 4.79 Å².